The Morgan fingerprint density at radius 1 is 1.30 bits per heavy atom. The van der Waals surface area contributed by atoms with Gasteiger partial charge in [0.25, 0.3) is 0 Å². The lowest BCUT2D eigenvalue weighted by atomic mass is 9.93. The van der Waals surface area contributed by atoms with Gasteiger partial charge in [0.1, 0.15) is 12.4 Å². The molecule has 0 bridgehead atoms. The van der Waals surface area contributed by atoms with E-state index in [1.165, 1.54) is 31.0 Å². The standard InChI is InChI=1S/C15H21FN2O2/c16-12-6-5-7-13(10-12)18-14(19)20-11-15(17)8-3-1-2-4-9-15/h5-7,10H,1-4,8-9,11,17H2,(H,18,19). The average Bonchev–Trinajstić information content (AvgIpc) is 2.62. The Labute approximate surface area is 118 Å². The van der Waals surface area contributed by atoms with Crippen molar-refractivity contribution < 1.29 is 13.9 Å². The minimum atomic E-state index is -0.593. The van der Waals surface area contributed by atoms with Crippen LogP contribution in [0.25, 0.3) is 0 Å². The van der Waals surface area contributed by atoms with Crippen LogP contribution < -0.4 is 11.1 Å². The zero-order valence-corrected chi connectivity index (χ0v) is 11.5. The molecule has 1 aliphatic rings. The molecule has 0 radical (unpaired) electrons. The third-order valence-electron chi connectivity index (χ3n) is 3.66. The van der Waals surface area contributed by atoms with Crippen LogP contribution in [0.5, 0.6) is 0 Å². The first-order valence-corrected chi connectivity index (χ1v) is 7.06. The van der Waals surface area contributed by atoms with Gasteiger partial charge in [-0.2, -0.15) is 0 Å². The number of carbonyl (C=O) groups excluding carboxylic acids is 1. The van der Waals surface area contributed by atoms with Crippen LogP contribution in [0, 0.1) is 5.82 Å². The van der Waals surface area contributed by atoms with E-state index in [0.717, 1.165) is 25.7 Å². The third-order valence-corrected chi connectivity index (χ3v) is 3.66. The number of halogens is 1. The predicted molar refractivity (Wildman–Crippen MR) is 76.0 cm³/mol. The van der Waals surface area contributed by atoms with Crippen molar-refractivity contribution in [3.63, 3.8) is 0 Å². The zero-order valence-electron chi connectivity index (χ0n) is 11.5. The van der Waals surface area contributed by atoms with Crippen molar-refractivity contribution in [2.75, 3.05) is 11.9 Å². The van der Waals surface area contributed by atoms with Gasteiger partial charge in [0, 0.05) is 5.69 Å². The number of benzene rings is 1. The molecule has 1 aromatic rings. The molecule has 0 spiro atoms. The number of rotatable bonds is 3. The van der Waals surface area contributed by atoms with Crippen LogP contribution in [0.1, 0.15) is 38.5 Å². The summed E-state index contributed by atoms with van der Waals surface area (Å²) in [5.41, 5.74) is 6.22. The van der Waals surface area contributed by atoms with Crippen LogP contribution in [0.2, 0.25) is 0 Å². The molecule has 0 aromatic heterocycles. The van der Waals surface area contributed by atoms with Gasteiger partial charge in [0.15, 0.2) is 0 Å². The molecule has 5 heteroatoms. The predicted octanol–water partition coefficient (Wildman–Crippen LogP) is 3.43. The van der Waals surface area contributed by atoms with Crippen LogP contribution in [0.15, 0.2) is 24.3 Å². The van der Waals surface area contributed by atoms with E-state index in [4.69, 9.17) is 10.5 Å². The molecule has 1 saturated carbocycles. The van der Waals surface area contributed by atoms with Crippen LogP contribution in [0.3, 0.4) is 0 Å². The van der Waals surface area contributed by atoms with Crippen molar-refractivity contribution in [2.45, 2.75) is 44.1 Å². The average molecular weight is 280 g/mol. The number of nitrogens with one attached hydrogen (secondary N) is 1. The Balaban J connectivity index is 1.82. The van der Waals surface area contributed by atoms with Gasteiger partial charge < -0.3 is 10.5 Å². The molecule has 0 unspecified atom stereocenters. The first kappa shape index (κ1) is 14.8. The molecule has 2 rings (SSSR count). The van der Waals surface area contributed by atoms with E-state index in [1.807, 2.05) is 0 Å². The molecule has 0 aliphatic heterocycles. The van der Waals surface area contributed by atoms with Crippen LogP contribution >= 0.6 is 0 Å². The molecule has 4 nitrogen and oxygen atoms in total. The molecule has 0 atom stereocenters. The molecule has 110 valence electrons. The van der Waals surface area contributed by atoms with E-state index in [1.54, 1.807) is 6.07 Å². The van der Waals surface area contributed by atoms with E-state index >= 15 is 0 Å². The molecular weight excluding hydrogens is 259 g/mol. The van der Waals surface area contributed by atoms with E-state index in [-0.39, 0.29) is 6.61 Å². The Morgan fingerprint density at radius 3 is 2.65 bits per heavy atom. The zero-order chi connectivity index (χ0) is 14.4. The summed E-state index contributed by atoms with van der Waals surface area (Å²) >= 11 is 0. The second-order valence-electron chi connectivity index (χ2n) is 5.49. The number of amides is 1. The normalized spacial score (nSPS) is 18.1. The summed E-state index contributed by atoms with van der Waals surface area (Å²) in [5.74, 6) is -0.401. The molecular formula is C15H21FN2O2. The SMILES string of the molecule is NC1(COC(=O)Nc2cccc(F)c2)CCCCCC1. The fourth-order valence-corrected chi connectivity index (χ4v) is 2.51. The minimum Gasteiger partial charge on any atom is -0.447 e. The maximum absolute atomic E-state index is 13.0. The number of carbonyl (C=O) groups is 1. The maximum atomic E-state index is 13.0. The molecule has 1 aliphatic carbocycles. The number of anilines is 1. The highest BCUT2D eigenvalue weighted by Crippen LogP contribution is 2.25. The smallest absolute Gasteiger partial charge is 0.411 e. The van der Waals surface area contributed by atoms with Gasteiger partial charge >= 0.3 is 6.09 Å². The monoisotopic (exact) mass is 280 g/mol. The number of hydrogen-bond acceptors (Lipinski definition) is 3. The Bertz CT molecular complexity index is 457. The highest BCUT2D eigenvalue weighted by Gasteiger charge is 2.27. The van der Waals surface area contributed by atoms with Gasteiger partial charge in [-0.25, -0.2) is 9.18 Å². The van der Waals surface area contributed by atoms with Crippen molar-refractivity contribution in [1.82, 2.24) is 0 Å². The van der Waals surface area contributed by atoms with Crippen molar-refractivity contribution in [3.8, 4) is 0 Å². The highest BCUT2D eigenvalue weighted by atomic mass is 19.1. The minimum absolute atomic E-state index is 0.203. The van der Waals surface area contributed by atoms with Crippen LogP contribution in [-0.4, -0.2) is 18.2 Å². The van der Waals surface area contributed by atoms with Crippen molar-refractivity contribution in [2.24, 2.45) is 5.73 Å². The fourth-order valence-electron chi connectivity index (χ4n) is 2.51. The first-order valence-electron chi connectivity index (χ1n) is 7.06. The van der Waals surface area contributed by atoms with Gasteiger partial charge in [0.2, 0.25) is 0 Å². The van der Waals surface area contributed by atoms with Crippen molar-refractivity contribution in [1.29, 1.82) is 0 Å². The lowest BCUT2D eigenvalue weighted by Crippen LogP contribution is -2.45. The molecule has 20 heavy (non-hydrogen) atoms. The van der Waals surface area contributed by atoms with E-state index in [0.29, 0.717) is 5.69 Å². The lowest BCUT2D eigenvalue weighted by Gasteiger charge is -2.27. The van der Waals surface area contributed by atoms with Crippen molar-refractivity contribution >= 4 is 11.8 Å². The van der Waals surface area contributed by atoms with E-state index < -0.39 is 17.4 Å². The molecule has 0 heterocycles. The summed E-state index contributed by atoms with van der Waals surface area (Å²) in [4.78, 5) is 11.7. The topological polar surface area (TPSA) is 64.3 Å². The quantitative estimate of drug-likeness (QED) is 0.834. The summed E-state index contributed by atoms with van der Waals surface area (Å²) in [6.07, 6.45) is 5.68. The molecule has 3 N–H and O–H groups in total. The Kier molecular flexibility index (Phi) is 4.95. The summed E-state index contributed by atoms with van der Waals surface area (Å²) in [5, 5.41) is 2.50. The van der Waals surface area contributed by atoms with E-state index in [2.05, 4.69) is 5.32 Å². The number of hydrogen-bond donors (Lipinski definition) is 2. The largest absolute Gasteiger partial charge is 0.447 e. The van der Waals surface area contributed by atoms with Crippen molar-refractivity contribution in [3.05, 3.63) is 30.1 Å². The molecule has 1 amide bonds. The van der Waals surface area contributed by atoms with Gasteiger partial charge in [0.05, 0.1) is 5.54 Å². The van der Waals surface area contributed by atoms with Gasteiger partial charge in [-0.15, -0.1) is 0 Å². The number of nitrogens with two attached hydrogens (primary N) is 1. The highest BCUT2D eigenvalue weighted by molar-refractivity contribution is 5.84. The van der Waals surface area contributed by atoms with Crippen LogP contribution in [-0.2, 0) is 4.74 Å². The third kappa shape index (κ3) is 4.49. The second kappa shape index (κ2) is 6.70. The Hall–Kier alpha value is -1.62. The second-order valence-corrected chi connectivity index (χ2v) is 5.49. The molecule has 1 fully saturated rings. The van der Waals surface area contributed by atoms with Gasteiger partial charge in [-0.05, 0) is 31.0 Å². The fraction of sp³-hybridized carbons (Fsp3) is 0.533. The number of ether oxygens (including phenoxy) is 1. The summed E-state index contributed by atoms with van der Waals surface area (Å²) < 4.78 is 18.2. The molecule has 1 aromatic carbocycles. The van der Waals surface area contributed by atoms with Crippen LogP contribution in [0.4, 0.5) is 14.9 Å². The first-order chi connectivity index (χ1) is 9.57. The van der Waals surface area contributed by atoms with Gasteiger partial charge in [-0.1, -0.05) is 31.7 Å². The maximum Gasteiger partial charge on any atom is 0.411 e. The summed E-state index contributed by atoms with van der Waals surface area (Å²) in [6, 6.07) is 5.69. The molecule has 0 saturated heterocycles. The Morgan fingerprint density at radius 2 is 2.00 bits per heavy atom. The summed E-state index contributed by atoms with van der Waals surface area (Å²) in [7, 11) is 0. The summed E-state index contributed by atoms with van der Waals surface area (Å²) in [6.45, 7) is 0.203. The lowest BCUT2D eigenvalue weighted by molar-refractivity contribution is 0.122. The van der Waals surface area contributed by atoms with E-state index in [9.17, 15) is 9.18 Å². The van der Waals surface area contributed by atoms with Gasteiger partial charge in [-0.3, -0.25) is 5.32 Å².